The van der Waals surface area contributed by atoms with Gasteiger partial charge in [0.15, 0.2) is 5.78 Å². The average molecular weight is 571 g/mol. The fourth-order valence-electron chi connectivity index (χ4n) is 4.87. The minimum absolute atomic E-state index is 0.0793. The molecule has 0 bridgehead atoms. The van der Waals surface area contributed by atoms with Crippen molar-refractivity contribution < 1.29 is 22.8 Å². The number of allylic oxidation sites excluding steroid dienone is 1. The van der Waals surface area contributed by atoms with Crippen LogP contribution in [0.25, 0.3) is 5.57 Å². The molecule has 1 unspecified atom stereocenters. The molecule has 4 aromatic carbocycles. The van der Waals surface area contributed by atoms with Crippen LogP contribution in [0.5, 0.6) is 0 Å². The quantitative estimate of drug-likeness (QED) is 0.153. The highest BCUT2D eigenvalue weighted by atomic mass is 19.4. The zero-order chi connectivity index (χ0) is 30.0. The van der Waals surface area contributed by atoms with Gasteiger partial charge in [0.1, 0.15) is 0 Å². The highest BCUT2D eigenvalue weighted by Crippen LogP contribution is 2.30. The van der Waals surface area contributed by atoms with E-state index >= 15 is 0 Å². The van der Waals surface area contributed by atoms with Crippen LogP contribution in [0.15, 0.2) is 128 Å². The number of hydrogen-bond acceptors (Lipinski definition) is 4. The average Bonchev–Trinajstić information content (AvgIpc) is 3.01. The van der Waals surface area contributed by atoms with E-state index in [2.05, 4.69) is 0 Å². The second-order valence-corrected chi connectivity index (χ2v) is 9.95. The summed E-state index contributed by atoms with van der Waals surface area (Å²) in [5, 5.41) is 0. The third kappa shape index (κ3) is 8.19. The molecule has 0 N–H and O–H groups in total. The Bertz CT molecular complexity index is 1460. The van der Waals surface area contributed by atoms with E-state index in [1.54, 1.807) is 30.3 Å². The smallest absolute Gasteiger partial charge is 0.370 e. The van der Waals surface area contributed by atoms with Crippen LogP contribution in [0.1, 0.15) is 30.4 Å². The second-order valence-electron chi connectivity index (χ2n) is 9.95. The molecule has 0 aromatic heterocycles. The minimum atomic E-state index is -4.96. The van der Waals surface area contributed by atoms with Gasteiger partial charge in [-0.25, -0.2) is 0 Å². The fourth-order valence-corrected chi connectivity index (χ4v) is 4.87. The van der Waals surface area contributed by atoms with Crippen LogP contribution < -0.4 is 9.80 Å². The third-order valence-corrected chi connectivity index (χ3v) is 6.99. The molecule has 0 aliphatic carbocycles. The van der Waals surface area contributed by atoms with Crippen LogP contribution in [0.3, 0.4) is 0 Å². The van der Waals surface area contributed by atoms with Gasteiger partial charge < -0.3 is 9.80 Å². The molecule has 0 saturated carbocycles. The molecule has 0 aliphatic heterocycles. The van der Waals surface area contributed by atoms with Crippen molar-refractivity contribution in [2.45, 2.75) is 25.4 Å². The molecular formula is C35H33F3N2O2. The Morgan fingerprint density at radius 1 is 0.714 bits per heavy atom. The molecule has 0 spiro atoms. The summed E-state index contributed by atoms with van der Waals surface area (Å²) >= 11 is 0. The number of alkyl halides is 3. The maximum absolute atomic E-state index is 13.7. The molecule has 0 fully saturated rings. The van der Waals surface area contributed by atoms with Gasteiger partial charge >= 0.3 is 6.18 Å². The van der Waals surface area contributed by atoms with Crippen LogP contribution in [0.2, 0.25) is 0 Å². The van der Waals surface area contributed by atoms with Crippen molar-refractivity contribution in [2.24, 2.45) is 0 Å². The lowest BCUT2D eigenvalue weighted by atomic mass is 9.93. The van der Waals surface area contributed by atoms with E-state index in [0.717, 1.165) is 16.9 Å². The maximum Gasteiger partial charge on any atom is 0.450 e. The monoisotopic (exact) mass is 570 g/mol. The molecule has 0 radical (unpaired) electrons. The summed E-state index contributed by atoms with van der Waals surface area (Å²) in [6.45, 7) is 2.27. The molecule has 0 aliphatic rings. The third-order valence-electron chi connectivity index (χ3n) is 6.99. The van der Waals surface area contributed by atoms with Crippen LogP contribution in [0, 0.1) is 0 Å². The summed E-state index contributed by atoms with van der Waals surface area (Å²) in [4.78, 5) is 29.1. The van der Waals surface area contributed by atoms with Gasteiger partial charge in [-0.1, -0.05) is 97.1 Å². The zero-order valence-corrected chi connectivity index (χ0v) is 23.4. The number of rotatable bonds is 13. The fraction of sp³-hybridized carbons (Fsp3) is 0.200. The molecule has 42 heavy (non-hydrogen) atoms. The predicted molar refractivity (Wildman–Crippen MR) is 162 cm³/mol. The Hall–Kier alpha value is -4.65. The lowest BCUT2D eigenvalue weighted by molar-refractivity contribution is -0.172. The number of carbonyl (C=O) groups is 2. The first-order chi connectivity index (χ1) is 20.2. The van der Waals surface area contributed by atoms with Crippen molar-refractivity contribution in [1.82, 2.24) is 0 Å². The number of ketones is 2. The molecule has 1 atom stereocenters. The standard InChI is InChI=1S/C35H33F3N2O2/c1-27(41)32(28-15-6-2-7-16-28)25-39(30-19-10-4-11-20-30)23-14-24-40(31-21-12-5-13-22-31)26-33(34(42)35(36,37)38)29-17-8-3-9-18-29/h2-13,15-22,25,33H,14,23-24,26H2,1H3/b32-25+. The molecule has 216 valence electrons. The largest absolute Gasteiger partial charge is 0.450 e. The number of hydrogen-bond donors (Lipinski definition) is 0. The summed E-state index contributed by atoms with van der Waals surface area (Å²) in [5.74, 6) is -3.22. The number of benzene rings is 4. The molecule has 7 heteroatoms. The van der Waals surface area contributed by atoms with E-state index in [0.29, 0.717) is 30.6 Å². The normalized spacial score (nSPS) is 12.4. The van der Waals surface area contributed by atoms with Gasteiger partial charge in [-0.15, -0.1) is 0 Å². The Kier molecular flexibility index (Phi) is 10.3. The van der Waals surface area contributed by atoms with Gasteiger partial charge in [-0.05, 0) is 48.7 Å². The zero-order valence-electron chi connectivity index (χ0n) is 23.4. The number of Topliss-reactive ketones (excluding diaryl/α,β-unsaturated/α-hetero) is 2. The lowest BCUT2D eigenvalue weighted by Gasteiger charge is -2.31. The van der Waals surface area contributed by atoms with E-state index in [1.807, 2.05) is 107 Å². The van der Waals surface area contributed by atoms with Crippen molar-refractivity contribution in [1.29, 1.82) is 0 Å². The SMILES string of the molecule is CC(=O)/C(=C\N(CCCN(CC(C(=O)C(F)(F)F)c1ccccc1)c1ccccc1)c1ccccc1)c1ccccc1. The van der Waals surface area contributed by atoms with Gasteiger partial charge in [-0.3, -0.25) is 9.59 Å². The molecule has 4 rings (SSSR count). The lowest BCUT2D eigenvalue weighted by Crippen LogP contribution is -2.38. The highest BCUT2D eigenvalue weighted by molar-refractivity contribution is 6.19. The molecule has 4 nitrogen and oxygen atoms in total. The maximum atomic E-state index is 13.7. The summed E-state index contributed by atoms with van der Waals surface area (Å²) in [6.07, 6.45) is -2.58. The molecule has 4 aromatic rings. The molecule has 0 amide bonds. The Balaban J connectivity index is 1.62. The Labute approximate surface area is 244 Å². The minimum Gasteiger partial charge on any atom is -0.370 e. The highest BCUT2D eigenvalue weighted by Gasteiger charge is 2.44. The molecule has 0 heterocycles. The van der Waals surface area contributed by atoms with Gasteiger partial charge in [0.25, 0.3) is 0 Å². The summed E-state index contributed by atoms with van der Waals surface area (Å²) < 4.78 is 41.1. The number of halogens is 3. The second kappa shape index (κ2) is 14.3. The summed E-state index contributed by atoms with van der Waals surface area (Å²) in [7, 11) is 0. The number of carbonyl (C=O) groups excluding carboxylic acids is 2. The first-order valence-corrected chi connectivity index (χ1v) is 13.8. The van der Waals surface area contributed by atoms with Crippen molar-refractivity contribution >= 4 is 28.5 Å². The first-order valence-electron chi connectivity index (χ1n) is 13.8. The number of nitrogens with zero attached hydrogens (tertiary/aromatic N) is 2. The van der Waals surface area contributed by atoms with Crippen molar-refractivity contribution in [2.75, 3.05) is 29.4 Å². The van der Waals surface area contributed by atoms with E-state index < -0.39 is 17.9 Å². The van der Waals surface area contributed by atoms with E-state index in [-0.39, 0.29) is 12.3 Å². The van der Waals surface area contributed by atoms with E-state index in [9.17, 15) is 22.8 Å². The first kappa shape index (κ1) is 30.3. The van der Waals surface area contributed by atoms with Crippen LogP contribution in [-0.4, -0.2) is 37.4 Å². The Morgan fingerprint density at radius 2 is 1.21 bits per heavy atom. The van der Waals surface area contributed by atoms with Crippen LogP contribution in [-0.2, 0) is 9.59 Å². The van der Waals surface area contributed by atoms with Crippen molar-refractivity contribution in [3.05, 3.63) is 139 Å². The predicted octanol–water partition coefficient (Wildman–Crippen LogP) is 7.94. The Morgan fingerprint density at radius 3 is 1.74 bits per heavy atom. The molecule has 0 saturated heterocycles. The van der Waals surface area contributed by atoms with Gasteiger partial charge in [0.2, 0.25) is 5.78 Å². The topological polar surface area (TPSA) is 40.6 Å². The molecular weight excluding hydrogens is 537 g/mol. The van der Waals surface area contributed by atoms with E-state index in [4.69, 9.17) is 0 Å². The van der Waals surface area contributed by atoms with Gasteiger partial charge in [0, 0.05) is 42.8 Å². The van der Waals surface area contributed by atoms with Crippen molar-refractivity contribution in [3.63, 3.8) is 0 Å². The number of anilines is 2. The van der Waals surface area contributed by atoms with Crippen LogP contribution >= 0.6 is 0 Å². The van der Waals surface area contributed by atoms with Crippen molar-refractivity contribution in [3.8, 4) is 0 Å². The van der Waals surface area contributed by atoms with Gasteiger partial charge in [-0.2, -0.15) is 13.2 Å². The number of para-hydroxylation sites is 2. The van der Waals surface area contributed by atoms with Gasteiger partial charge in [0.05, 0.1) is 5.92 Å². The van der Waals surface area contributed by atoms with E-state index in [1.165, 1.54) is 6.92 Å². The summed E-state index contributed by atoms with van der Waals surface area (Å²) in [5.41, 5.74) is 3.29. The van der Waals surface area contributed by atoms with Crippen LogP contribution in [0.4, 0.5) is 24.5 Å². The summed E-state index contributed by atoms with van der Waals surface area (Å²) in [6, 6.07) is 36.3.